The van der Waals surface area contributed by atoms with Gasteiger partial charge in [-0.25, -0.2) is 8.42 Å². The van der Waals surface area contributed by atoms with E-state index in [2.05, 4.69) is 4.40 Å². The molecular formula is C20H17N3O4S2. The number of rotatable bonds is 4. The van der Waals surface area contributed by atoms with Crippen molar-refractivity contribution in [1.29, 1.82) is 0 Å². The Morgan fingerprint density at radius 1 is 0.655 bits per heavy atom. The molecule has 7 nitrogen and oxygen atoms in total. The van der Waals surface area contributed by atoms with Crippen LogP contribution < -0.4 is 5.62 Å². The molecule has 3 aromatic carbocycles. The van der Waals surface area contributed by atoms with Crippen LogP contribution in [0, 0.1) is 0 Å². The first-order chi connectivity index (χ1) is 13.8. The van der Waals surface area contributed by atoms with Gasteiger partial charge in [-0.1, -0.05) is 48.5 Å². The lowest BCUT2D eigenvalue weighted by Crippen LogP contribution is -2.31. The lowest BCUT2D eigenvalue weighted by Gasteiger charge is -2.07. The summed E-state index contributed by atoms with van der Waals surface area (Å²) in [4.78, 5) is 0.0174. The number of nitrogens with zero attached hydrogens (tertiary/aromatic N) is 3. The number of imidazole rings is 1. The molecule has 0 unspecified atom stereocenters. The van der Waals surface area contributed by atoms with Crippen molar-refractivity contribution >= 4 is 31.1 Å². The van der Waals surface area contributed by atoms with Crippen LogP contribution >= 0.6 is 0 Å². The molecule has 4 aromatic rings. The SMILES string of the molecule is Cn1/c(=N/S(=O)(=O)c2ccccc2)n(S(=O)(=O)c2ccccc2)c2ccccc21. The lowest BCUT2D eigenvalue weighted by molar-refractivity contribution is 0.583. The van der Waals surface area contributed by atoms with Crippen molar-refractivity contribution < 1.29 is 16.8 Å². The third-order valence-electron chi connectivity index (χ3n) is 4.47. The van der Waals surface area contributed by atoms with E-state index in [9.17, 15) is 16.8 Å². The van der Waals surface area contributed by atoms with Gasteiger partial charge in [0.1, 0.15) is 0 Å². The van der Waals surface area contributed by atoms with Crippen molar-refractivity contribution in [2.45, 2.75) is 9.79 Å². The second kappa shape index (κ2) is 7.02. The van der Waals surface area contributed by atoms with Gasteiger partial charge in [0.2, 0.25) is 5.62 Å². The zero-order valence-electron chi connectivity index (χ0n) is 15.4. The Morgan fingerprint density at radius 2 is 1.14 bits per heavy atom. The summed E-state index contributed by atoms with van der Waals surface area (Å²) in [6.45, 7) is 0. The molecule has 0 spiro atoms. The third-order valence-corrected chi connectivity index (χ3v) is 7.45. The van der Waals surface area contributed by atoms with Crippen LogP contribution in [0.1, 0.15) is 0 Å². The Labute approximate surface area is 168 Å². The average molecular weight is 428 g/mol. The molecule has 0 aliphatic carbocycles. The molecule has 1 aromatic heterocycles. The highest BCUT2D eigenvalue weighted by atomic mass is 32.2. The molecule has 4 rings (SSSR count). The molecule has 148 valence electrons. The van der Waals surface area contributed by atoms with Crippen molar-refractivity contribution in [2.75, 3.05) is 0 Å². The van der Waals surface area contributed by atoms with E-state index in [1.54, 1.807) is 67.7 Å². The molecule has 0 aliphatic heterocycles. The summed E-state index contributed by atoms with van der Waals surface area (Å²) in [5.41, 5.74) is 0.661. The van der Waals surface area contributed by atoms with E-state index in [1.807, 2.05) is 0 Å². The Hall–Kier alpha value is -3.17. The van der Waals surface area contributed by atoms with Gasteiger partial charge in [0, 0.05) is 7.05 Å². The second-order valence-corrected chi connectivity index (χ2v) is 9.70. The highest BCUT2D eigenvalue weighted by Crippen LogP contribution is 2.20. The summed E-state index contributed by atoms with van der Waals surface area (Å²) in [6, 6.07) is 22.3. The van der Waals surface area contributed by atoms with Crippen molar-refractivity contribution in [2.24, 2.45) is 11.4 Å². The first-order valence-electron chi connectivity index (χ1n) is 8.65. The number of benzene rings is 3. The normalized spacial score (nSPS) is 13.1. The number of hydrogen-bond acceptors (Lipinski definition) is 4. The van der Waals surface area contributed by atoms with Crippen LogP contribution in [0.15, 0.2) is 99.1 Å². The fraction of sp³-hybridized carbons (Fsp3) is 0.0500. The van der Waals surface area contributed by atoms with Crippen LogP contribution in [-0.2, 0) is 27.1 Å². The zero-order chi connectivity index (χ0) is 20.6. The molecule has 0 radical (unpaired) electrons. The number of hydrogen-bond donors (Lipinski definition) is 0. The van der Waals surface area contributed by atoms with Crippen LogP contribution in [0.25, 0.3) is 11.0 Å². The number of para-hydroxylation sites is 2. The highest BCUT2D eigenvalue weighted by Gasteiger charge is 2.24. The number of aromatic nitrogens is 2. The molecule has 1 heterocycles. The van der Waals surface area contributed by atoms with Gasteiger partial charge in [-0.15, -0.1) is 4.40 Å². The first kappa shape index (κ1) is 19.2. The average Bonchev–Trinajstić information content (AvgIpc) is 3.01. The van der Waals surface area contributed by atoms with Crippen LogP contribution in [0.4, 0.5) is 0 Å². The van der Waals surface area contributed by atoms with Gasteiger partial charge in [0.25, 0.3) is 20.0 Å². The summed E-state index contributed by atoms with van der Waals surface area (Å²) in [6.07, 6.45) is 0. The zero-order valence-corrected chi connectivity index (χ0v) is 17.0. The van der Waals surface area contributed by atoms with Crippen molar-refractivity contribution in [3.63, 3.8) is 0 Å². The predicted molar refractivity (Wildman–Crippen MR) is 109 cm³/mol. The van der Waals surface area contributed by atoms with Crippen LogP contribution in [0.2, 0.25) is 0 Å². The molecule has 0 aliphatic rings. The fourth-order valence-electron chi connectivity index (χ4n) is 3.06. The van der Waals surface area contributed by atoms with E-state index in [4.69, 9.17) is 0 Å². The predicted octanol–water partition coefficient (Wildman–Crippen LogP) is 2.51. The minimum absolute atomic E-state index is 0.0195. The van der Waals surface area contributed by atoms with Gasteiger partial charge in [-0.2, -0.15) is 12.4 Å². The topological polar surface area (TPSA) is 90.5 Å². The summed E-state index contributed by atoms with van der Waals surface area (Å²) in [7, 11) is -6.64. The largest absolute Gasteiger partial charge is 0.312 e. The second-order valence-electron chi connectivity index (χ2n) is 6.31. The summed E-state index contributed by atoms with van der Waals surface area (Å²) in [5, 5.41) is 0. The molecule has 0 saturated carbocycles. The maximum atomic E-state index is 13.4. The number of sulfonamides is 1. The van der Waals surface area contributed by atoms with E-state index < -0.39 is 20.0 Å². The van der Waals surface area contributed by atoms with E-state index in [0.717, 1.165) is 3.97 Å². The Bertz CT molecular complexity index is 1470. The van der Waals surface area contributed by atoms with Crippen LogP contribution in [0.3, 0.4) is 0 Å². The minimum atomic E-state index is -4.13. The minimum Gasteiger partial charge on any atom is -0.312 e. The fourth-order valence-corrected chi connectivity index (χ4v) is 5.64. The van der Waals surface area contributed by atoms with Gasteiger partial charge in [-0.05, 0) is 36.4 Å². The van der Waals surface area contributed by atoms with Crippen LogP contribution in [0.5, 0.6) is 0 Å². The van der Waals surface area contributed by atoms with Crippen molar-refractivity contribution in [3.8, 4) is 0 Å². The molecule has 0 saturated heterocycles. The first-order valence-corrected chi connectivity index (χ1v) is 11.5. The van der Waals surface area contributed by atoms with E-state index >= 15 is 0 Å². The van der Waals surface area contributed by atoms with Gasteiger partial charge in [0.05, 0.1) is 20.8 Å². The van der Waals surface area contributed by atoms with Crippen molar-refractivity contribution in [3.05, 3.63) is 90.5 Å². The summed E-state index contributed by atoms with van der Waals surface area (Å²) in [5.74, 6) is 0. The highest BCUT2D eigenvalue weighted by molar-refractivity contribution is 7.90. The molecule has 29 heavy (non-hydrogen) atoms. The Kier molecular flexibility index (Phi) is 4.64. The smallest absolute Gasteiger partial charge is 0.285 e. The summed E-state index contributed by atoms with van der Waals surface area (Å²) >= 11 is 0. The molecule has 0 N–H and O–H groups in total. The number of aryl methyl sites for hydroxylation is 1. The maximum absolute atomic E-state index is 13.4. The van der Waals surface area contributed by atoms with E-state index in [-0.39, 0.29) is 15.4 Å². The van der Waals surface area contributed by atoms with Gasteiger partial charge >= 0.3 is 0 Å². The molecule has 0 bridgehead atoms. The van der Waals surface area contributed by atoms with Crippen molar-refractivity contribution in [1.82, 2.24) is 8.54 Å². The Balaban J connectivity index is 2.12. The summed E-state index contributed by atoms with van der Waals surface area (Å²) < 4.78 is 58.8. The lowest BCUT2D eigenvalue weighted by atomic mass is 10.3. The molecule has 0 atom stereocenters. The molecule has 9 heteroatoms. The molecular weight excluding hydrogens is 410 g/mol. The Morgan fingerprint density at radius 3 is 1.72 bits per heavy atom. The quantitative estimate of drug-likeness (QED) is 0.500. The monoisotopic (exact) mass is 427 g/mol. The van der Waals surface area contributed by atoms with Gasteiger partial charge in [-0.3, -0.25) is 0 Å². The standard InChI is InChI=1S/C20H17N3O4S2/c1-22-18-14-8-9-15-19(18)23(29(26,27)17-12-6-3-7-13-17)20(22)21-28(24,25)16-10-4-2-5-11-16/h2-15H,1H3/b21-20-. The number of fused-ring (bicyclic) bond motifs is 1. The van der Waals surface area contributed by atoms with Gasteiger partial charge < -0.3 is 4.57 Å². The van der Waals surface area contributed by atoms with Gasteiger partial charge in [0.15, 0.2) is 0 Å². The van der Waals surface area contributed by atoms with E-state index in [1.165, 1.54) is 28.8 Å². The maximum Gasteiger partial charge on any atom is 0.285 e. The third kappa shape index (κ3) is 3.28. The molecule has 0 fully saturated rings. The molecule has 0 amide bonds. The van der Waals surface area contributed by atoms with E-state index in [0.29, 0.717) is 11.0 Å². The van der Waals surface area contributed by atoms with Crippen LogP contribution in [-0.4, -0.2) is 25.4 Å².